The van der Waals surface area contributed by atoms with E-state index >= 15 is 0 Å². The Morgan fingerprint density at radius 2 is 1.92 bits per heavy atom. The summed E-state index contributed by atoms with van der Waals surface area (Å²) in [6, 6.07) is 15.3. The standard InChI is InChI=1S/C29H30N4O4/c1-35-27-16-20(4-6-24(27)29(34)33-12-2-3-13-33)17-28-31-11-8-25(32-28)21-5-7-26(22(18-21)19-30)37-23-9-14-36-15-10-23/h4-8,11,16,18,23H,2-3,9-10,12-15,17H2,1H3. The van der Waals surface area contributed by atoms with Crippen LogP contribution in [0.1, 0.15) is 53.0 Å². The first kappa shape index (κ1) is 24.7. The Kier molecular flexibility index (Phi) is 7.62. The van der Waals surface area contributed by atoms with Gasteiger partial charge in [0.25, 0.3) is 5.91 Å². The van der Waals surface area contributed by atoms with E-state index in [0.29, 0.717) is 48.1 Å². The molecule has 8 heteroatoms. The third kappa shape index (κ3) is 5.73. The van der Waals surface area contributed by atoms with Crippen LogP contribution in [0.4, 0.5) is 0 Å². The number of carbonyl (C=O) groups excluding carboxylic acids is 1. The Morgan fingerprint density at radius 3 is 2.68 bits per heavy atom. The van der Waals surface area contributed by atoms with Crippen LogP contribution in [0.3, 0.4) is 0 Å². The van der Waals surface area contributed by atoms with Crippen LogP contribution >= 0.6 is 0 Å². The molecule has 2 aliphatic heterocycles. The number of amides is 1. The van der Waals surface area contributed by atoms with Crippen LogP contribution < -0.4 is 9.47 Å². The Morgan fingerprint density at radius 1 is 1.11 bits per heavy atom. The quantitative estimate of drug-likeness (QED) is 0.476. The van der Waals surface area contributed by atoms with Crippen molar-refractivity contribution in [3.63, 3.8) is 0 Å². The second-order valence-corrected chi connectivity index (χ2v) is 9.32. The number of rotatable bonds is 7. The fourth-order valence-corrected chi connectivity index (χ4v) is 4.79. The van der Waals surface area contributed by atoms with Crippen LogP contribution in [0.15, 0.2) is 48.7 Å². The topological polar surface area (TPSA) is 97.6 Å². The first-order valence-corrected chi connectivity index (χ1v) is 12.7. The number of ether oxygens (including phenoxy) is 3. The molecule has 3 heterocycles. The van der Waals surface area contributed by atoms with Gasteiger partial charge >= 0.3 is 0 Å². The van der Waals surface area contributed by atoms with Crippen molar-refractivity contribution in [2.24, 2.45) is 0 Å². The summed E-state index contributed by atoms with van der Waals surface area (Å²) in [5, 5.41) is 9.72. The average molecular weight is 499 g/mol. The second-order valence-electron chi connectivity index (χ2n) is 9.32. The lowest BCUT2D eigenvalue weighted by molar-refractivity contribution is 0.0254. The van der Waals surface area contributed by atoms with Crippen molar-refractivity contribution in [2.45, 2.75) is 38.2 Å². The monoisotopic (exact) mass is 498 g/mol. The molecule has 0 saturated carbocycles. The zero-order valence-corrected chi connectivity index (χ0v) is 21.0. The van der Waals surface area contributed by atoms with Crippen molar-refractivity contribution in [1.82, 2.24) is 14.9 Å². The Labute approximate surface area is 216 Å². The van der Waals surface area contributed by atoms with Crippen molar-refractivity contribution < 1.29 is 19.0 Å². The molecule has 0 N–H and O–H groups in total. The molecule has 0 aliphatic carbocycles. The Hall–Kier alpha value is -3.96. The summed E-state index contributed by atoms with van der Waals surface area (Å²) in [4.78, 5) is 23.9. The van der Waals surface area contributed by atoms with E-state index in [1.165, 1.54) is 0 Å². The molecule has 2 aliphatic rings. The normalized spacial score (nSPS) is 15.8. The van der Waals surface area contributed by atoms with E-state index in [4.69, 9.17) is 19.2 Å². The second kappa shape index (κ2) is 11.4. The zero-order valence-electron chi connectivity index (χ0n) is 21.0. The SMILES string of the molecule is COc1cc(Cc2nccc(-c3ccc(OC4CCOCC4)c(C#N)c3)n2)ccc1C(=O)N1CCCC1. The fraction of sp³-hybridized carbons (Fsp3) is 0.379. The first-order valence-electron chi connectivity index (χ1n) is 12.7. The van der Waals surface area contributed by atoms with Gasteiger partial charge in [0, 0.05) is 44.1 Å². The molecule has 8 nitrogen and oxygen atoms in total. The van der Waals surface area contributed by atoms with Crippen LogP contribution in [-0.2, 0) is 11.2 Å². The largest absolute Gasteiger partial charge is 0.496 e. The molecule has 5 rings (SSSR count). The molecular formula is C29H30N4O4. The summed E-state index contributed by atoms with van der Waals surface area (Å²) in [5.41, 5.74) is 3.56. The van der Waals surface area contributed by atoms with E-state index in [9.17, 15) is 10.1 Å². The van der Waals surface area contributed by atoms with Gasteiger partial charge in [0.15, 0.2) is 0 Å². The summed E-state index contributed by atoms with van der Waals surface area (Å²) in [5.74, 6) is 1.79. The van der Waals surface area contributed by atoms with E-state index in [1.807, 2.05) is 47.4 Å². The van der Waals surface area contributed by atoms with Gasteiger partial charge in [0.05, 0.1) is 37.1 Å². The molecule has 2 aromatic carbocycles. The van der Waals surface area contributed by atoms with Gasteiger partial charge in [-0.25, -0.2) is 9.97 Å². The van der Waals surface area contributed by atoms with Crippen molar-refractivity contribution in [2.75, 3.05) is 33.4 Å². The summed E-state index contributed by atoms with van der Waals surface area (Å²) in [6.07, 6.45) is 5.99. The maximum absolute atomic E-state index is 12.9. The summed E-state index contributed by atoms with van der Waals surface area (Å²) < 4.78 is 17.0. The van der Waals surface area contributed by atoms with Crippen molar-refractivity contribution >= 4 is 5.91 Å². The van der Waals surface area contributed by atoms with Gasteiger partial charge in [0.2, 0.25) is 0 Å². The molecule has 1 amide bonds. The van der Waals surface area contributed by atoms with Gasteiger partial charge in [-0.2, -0.15) is 5.26 Å². The molecule has 0 bridgehead atoms. The number of methoxy groups -OCH3 is 1. The number of benzene rings is 2. The van der Waals surface area contributed by atoms with Gasteiger partial charge in [-0.15, -0.1) is 0 Å². The summed E-state index contributed by atoms with van der Waals surface area (Å²) in [6.45, 7) is 2.94. The van der Waals surface area contributed by atoms with Crippen LogP contribution in [-0.4, -0.2) is 60.3 Å². The maximum Gasteiger partial charge on any atom is 0.257 e. The summed E-state index contributed by atoms with van der Waals surface area (Å²) >= 11 is 0. The number of nitrogens with zero attached hydrogens (tertiary/aromatic N) is 4. The maximum atomic E-state index is 12.9. The Bertz CT molecular complexity index is 1310. The molecule has 0 atom stereocenters. The van der Waals surface area contributed by atoms with E-state index in [1.54, 1.807) is 13.3 Å². The molecule has 2 fully saturated rings. The number of hydrogen-bond donors (Lipinski definition) is 0. The highest BCUT2D eigenvalue weighted by Crippen LogP contribution is 2.28. The fourth-order valence-electron chi connectivity index (χ4n) is 4.79. The van der Waals surface area contributed by atoms with E-state index in [2.05, 4.69) is 11.1 Å². The molecule has 37 heavy (non-hydrogen) atoms. The van der Waals surface area contributed by atoms with Crippen molar-refractivity contribution in [3.8, 4) is 28.8 Å². The van der Waals surface area contributed by atoms with Crippen molar-refractivity contribution in [3.05, 3.63) is 71.2 Å². The third-order valence-corrected chi connectivity index (χ3v) is 6.82. The molecule has 1 aromatic heterocycles. The predicted octanol–water partition coefficient (Wildman–Crippen LogP) is 4.41. The highest BCUT2D eigenvalue weighted by molar-refractivity contribution is 5.97. The number of aromatic nitrogens is 2. The third-order valence-electron chi connectivity index (χ3n) is 6.82. The average Bonchev–Trinajstić information content (AvgIpc) is 3.49. The highest BCUT2D eigenvalue weighted by atomic mass is 16.5. The molecule has 190 valence electrons. The van der Waals surface area contributed by atoms with Gasteiger partial charge in [-0.1, -0.05) is 6.07 Å². The van der Waals surface area contributed by atoms with Crippen molar-refractivity contribution in [1.29, 1.82) is 5.26 Å². The van der Waals surface area contributed by atoms with E-state index in [-0.39, 0.29) is 12.0 Å². The number of nitriles is 1. The van der Waals surface area contributed by atoms with Crippen LogP contribution in [0, 0.1) is 11.3 Å². The zero-order chi connectivity index (χ0) is 25.6. The lowest BCUT2D eigenvalue weighted by Gasteiger charge is -2.23. The smallest absolute Gasteiger partial charge is 0.257 e. The number of likely N-dealkylation sites (tertiary alicyclic amines) is 1. The molecule has 0 unspecified atom stereocenters. The van der Waals surface area contributed by atoms with Gasteiger partial charge < -0.3 is 19.1 Å². The summed E-state index contributed by atoms with van der Waals surface area (Å²) in [7, 11) is 1.58. The van der Waals surface area contributed by atoms with Gasteiger partial charge in [-0.05, 0) is 54.8 Å². The lowest BCUT2D eigenvalue weighted by atomic mass is 10.1. The predicted molar refractivity (Wildman–Crippen MR) is 138 cm³/mol. The van der Waals surface area contributed by atoms with E-state index in [0.717, 1.165) is 55.6 Å². The molecular weight excluding hydrogens is 468 g/mol. The van der Waals surface area contributed by atoms with Crippen LogP contribution in [0.25, 0.3) is 11.3 Å². The van der Waals surface area contributed by atoms with Gasteiger partial charge in [0.1, 0.15) is 29.5 Å². The molecule has 3 aromatic rings. The molecule has 0 radical (unpaired) electrons. The first-order chi connectivity index (χ1) is 18.1. The Balaban J connectivity index is 1.33. The molecule has 2 saturated heterocycles. The van der Waals surface area contributed by atoms with E-state index < -0.39 is 0 Å². The lowest BCUT2D eigenvalue weighted by Crippen LogP contribution is -2.28. The number of carbonyl (C=O) groups is 1. The minimum absolute atomic E-state index is 0.0108. The van der Waals surface area contributed by atoms with Crippen LogP contribution in [0.5, 0.6) is 11.5 Å². The highest BCUT2D eigenvalue weighted by Gasteiger charge is 2.23. The minimum Gasteiger partial charge on any atom is -0.496 e. The molecule has 0 spiro atoms. The minimum atomic E-state index is 0.0108. The van der Waals surface area contributed by atoms with Gasteiger partial charge in [-0.3, -0.25) is 4.79 Å². The van der Waals surface area contributed by atoms with Crippen LogP contribution in [0.2, 0.25) is 0 Å². The number of hydrogen-bond acceptors (Lipinski definition) is 7.